The smallest absolute Gasteiger partial charge is 0.408 e. The van der Waals surface area contributed by atoms with Crippen LogP contribution in [-0.4, -0.2) is 37.4 Å². The summed E-state index contributed by atoms with van der Waals surface area (Å²) in [7, 11) is -3.76. The quantitative estimate of drug-likeness (QED) is 0.655. The summed E-state index contributed by atoms with van der Waals surface area (Å²) in [6.45, 7) is 7.11. The largest absolute Gasteiger partial charge is 0.444 e. The second-order valence-electron chi connectivity index (χ2n) is 8.68. The van der Waals surface area contributed by atoms with Gasteiger partial charge in [0.1, 0.15) is 10.9 Å². The van der Waals surface area contributed by atoms with Crippen LogP contribution >= 0.6 is 15.9 Å². The predicted molar refractivity (Wildman–Crippen MR) is 120 cm³/mol. The lowest BCUT2D eigenvalue weighted by molar-refractivity contribution is 0.0497. The number of amides is 1. The summed E-state index contributed by atoms with van der Waals surface area (Å²) in [5, 5.41) is 1.90. The van der Waals surface area contributed by atoms with Crippen molar-refractivity contribution in [3.63, 3.8) is 0 Å². The molecule has 0 spiro atoms. The third kappa shape index (κ3) is 4.40. The lowest BCUT2D eigenvalue weighted by Crippen LogP contribution is -2.49. The Morgan fingerprint density at radius 2 is 1.70 bits per heavy atom. The number of nitrogens with two attached hydrogens (primary N) is 1. The van der Waals surface area contributed by atoms with Gasteiger partial charge in [-0.15, -0.1) is 0 Å². The Balaban J connectivity index is 2.03. The number of ether oxygens (including phenoxy) is 1. The van der Waals surface area contributed by atoms with Gasteiger partial charge in [-0.3, -0.25) is 0 Å². The van der Waals surface area contributed by atoms with E-state index in [-0.39, 0.29) is 11.4 Å². The van der Waals surface area contributed by atoms with Crippen molar-refractivity contribution < 1.29 is 17.9 Å². The summed E-state index contributed by atoms with van der Waals surface area (Å²) in [6, 6.07) is 14.1. The van der Waals surface area contributed by atoms with E-state index in [1.54, 1.807) is 45.0 Å². The molecule has 0 unspecified atom stereocenters. The number of sulfone groups is 1. The lowest BCUT2D eigenvalue weighted by Gasteiger charge is -2.24. The standard InChI is InChI=1S/C22H27BrN2O4S/c1-14-5-11-17(12-6-14)30(27,28)19-18(15-7-9-16(23)10-8-15)22(19,13-24)25-20(26)29-21(2,3)4/h5-12,18-19H,13,24H2,1-4H3,(H,25,26)/t18-,19-,22+/m0/s1. The maximum atomic E-state index is 13.5. The van der Waals surface area contributed by atoms with Crippen LogP contribution in [0.4, 0.5) is 4.79 Å². The molecule has 1 saturated carbocycles. The van der Waals surface area contributed by atoms with Crippen molar-refractivity contribution in [1.82, 2.24) is 5.32 Å². The minimum Gasteiger partial charge on any atom is -0.444 e. The first-order valence-electron chi connectivity index (χ1n) is 9.68. The fraction of sp³-hybridized carbons (Fsp3) is 0.409. The molecule has 1 aliphatic rings. The van der Waals surface area contributed by atoms with E-state index in [0.717, 1.165) is 15.6 Å². The first kappa shape index (κ1) is 22.8. The van der Waals surface area contributed by atoms with E-state index in [9.17, 15) is 13.2 Å². The summed E-state index contributed by atoms with van der Waals surface area (Å²) < 4.78 is 33.4. The lowest BCUT2D eigenvalue weighted by atomic mass is 10.1. The number of alkyl carbamates (subject to hydrolysis) is 1. The Labute approximate surface area is 186 Å². The number of hydrogen-bond acceptors (Lipinski definition) is 5. The van der Waals surface area contributed by atoms with Crippen LogP contribution in [0.2, 0.25) is 0 Å². The molecule has 3 N–H and O–H groups in total. The van der Waals surface area contributed by atoms with Crippen LogP contribution in [-0.2, 0) is 14.6 Å². The summed E-state index contributed by atoms with van der Waals surface area (Å²) in [5.74, 6) is -0.491. The summed E-state index contributed by atoms with van der Waals surface area (Å²) in [4.78, 5) is 12.8. The third-order valence-corrected chi connectivity index (χ3v) is 8.06. The molecule has 162 valence electrons. The second kappa shape index (κ2) is 7.98. The van der Waals surface area contributed by atoms with Crippen molar-refractivity contribution in [1.29, 1.82) is 0 Å². The molecule has 0 aromatic heterocycles. The summed E-state index contributed by atoms with van der Waals surface area (Å²) in [6.07, 6.45) is -0.684. The normalized spacial score (nSPS) is 23.7. The van der Waals surface area contributed by atoms with E-state index in [4.69, 9.17) is 10.5 Å². The topological polar surface area (TPSA) is 98.5 Å². The van der Waals surface area contributed by atoms with Crippen LogP contribution in [0.3, 0.4) is 0 Å². The molecule has 30 heavy (non-hydrogen) atoms. The zero-order valence-electron chi connectivity index (χ0n) is 17.5. The van der Waals surface area contributed by atoms with Crippen LogP contribution in [0, 0.1) is 6.92 Å². The third-order valence-electron chi connectivity index (χ3n) is 5.24. The fourth-order valence-electron chi connectivity index (χ4n) is 3.81. The highest BCUT2D eigenvalue weighted by atomic mass is 79.9. The van der Waals surface area contributed by atoms with Gasteiger partial charge in [0.15, 0.2) is 9.84 Å². The first-order chi connectivity index (χ1) is 13.9. The van der Waals surface area contributed by atoms with Gasteiger partial charge in [0.05, 0.1) is 10.4 Å². The van der Waals surface area contributed by atoms with E-state index >= 15 is 0 Å². The Bertz CT molecular complexity index is 1030. The highest BCUT2D eigenvalue weighted by molar-refractivity contribution is 9.10. The van der Waals surface area contributed by atoms with Gasteiger partial charge >= 0.3 is 6.09 Å². The van der Waals surface area contributed by atoms with Crippen LogP contribution in [0.25, 0.3) is 0 Å². The van der Waals surface area contributed by atoms with E-state index in [1.165, 1.54) is 0 Å². The monoisotopic (exact) mass is 494 g/mol. The van der Waals surface area contributed by atoms with Crippen molar-refractivity contribution in [3.8, 4) is 0 Å². The van der Waals surface area contributed by atoms with E-state index in [1.807, 2.05) is 31.2 Å². The molecule has 3 atom stereocenters. The molecule has 6 nitrogen and oxygen atoms in total. The molecule has 0 aliphatic heterocycles. The number of carbonyl (C=O) groups excluding carboxylic acids is 1. The Morgan fingerprint density at radius 1 is 1.13 bits per heavy atom. The number of carbonyl (C=O) groups is 1. The van der Waals surface area contributed by atoms with E-state index < -0.39 is 38.2 Å². The zero-order chi connectivity index (χ0) is 22.3. The van der Waals surface area contributed by atoms with Gasteiger partial charge in [-0.1, -0.05) is 45.8 Å². The maximum absolute atomic E-state index is 13.5. The zero-order valence-corrected chi connectivity index (χ0v) is 19.9. The number of nitrogens with one attached hydrogen (secondary N) is 1. The number of rotatable bonds is 5. The Kier molecular flexibility index (Phi) is 6.06. The minimum atomic E-state index is -3.76. The molecule has 8 heteroatoms. The predicted octanol–water partition coefficient (Wildman–Crippen LogP) is 3.92. The molecule has 0 heterocycles. The van der Waals surface area contributed by atoms with Gasteiger partial charge in [0, 0.05) is 16.9 Å². The SMILES string of the molecule is Cc1ccc(S(=O)(=O)[C@H]2[C@H](c3ccc(Br)cc3)[C@@]2(CN)NC(=O)OC(C)(C)C)cc1. The van der Waals surface area contributed by atoms with E-state index in [0.29, 0.717) is 0 Å². The molecular weight excluding hydrogens is 468 g/mol. The number of hydrogen-bond donors (Lipinski definition) is 2. The average molecular weight is 495 g/mol. The maximum Gasteiger partial charge on any atom is 0.408 e. The summed E-state index contributed by atoms with van der Waals surface area (Å²) >= 11 is 3.40. The number of aryl methyl sites for hydroxylation is 1. The van der Waals surface area contributed by atoms with Crippen molar-refractivity contribution in [2.75, 3.05) is 6.54 Å². The van der Waals surface area contributed by atoms with Gasteiger partial charge in [-0.05, 0) is 57.5 Å². The fourth-order valence-corrected chi connectivity index (χ4v) is 6.42. The van der Waals surface area contributed by atoms with Crippen molar-refractivity contribution in [2.24, 2.45) is 5.73 Å². The average Bonchev–Trinajstić information content (AvgIpc) is 3.30. The molecule has 0 radical (unpaired) electrons. The van der Waals surface area contributed by atoms with Crippen LogP contribution in [0.1, 0.15) is 37.8 Å². The molecule has 1 aliphatic carbocycles. The number of halogens is 1. The molecule has 3 rings (SSSR count). The second-order valence-corrected chi connectivity index (χ2v) is 11.7. The highest BCUT2D eigenvalue weighted by Gasteiger charge is 2.71. The van der Waals surface area contributed by atoms with Crippen LogP contribution in [0.15, 0.2) is 57.9 Å². The Hall–Kier alpha value is -1.90. The molecule has 1 amide bonds. The Morgan fingerprint density at radius 3 is 2.20 bits per heavy atom. The minimum absolute atomic E-state index is 0.0390. The van der Waals surface area contributed by atoms with Crippen molar-refractivity contribution in [2.45, 2.75) is 54.9 Å². The molecule has 2 aromatic rings. The molecule has 2 aromatic carbocycles. The molecular formula is C22H27BrN2O4S. The molecule has 0 saturated heterocycles. The van der Waals surface area contributed by atoms with Gasteiger partial charge in [0.25, 0.3) is 0 Å². The first-order valence-corrected chi connectivity index (χ1v) is 12.0. The molecule has 1 fully saturated rings. The van der Waals surface area contributed by atoms with Gasteiger partial charge in [0.2, 0.25) is 0 Å². The van der Waals surface area contributed by atoms with Crippen LogP contribution in [0.5, 0.6) is 0 Å². The number of benzene rings is 2. The van der Waals surface area contributed by atoms with Gasteiger partial charge in [-0.2, -0.15) is 0 Å². The van der Waals surface area contributed by atoms with Gasteiger partial charge in [-0.25, -0.2) is 13.2 Å². The molecule has 0 bridgehead atoms. The van der Waals surface area contributed by atoms with Crippen molar-refractivity contribution >= 4 is 31.9 Å². The summed E-state index contributed by atoms with van der Waals surface area (Å²) in [5.41, 5.74) is 5.97. The van der Waals surface area contributed by atoms with Gasteiger partial charge < -0.3 is 15.8 Å². The van der Waals surface area contributed by atoms with Crippen molar-refractivity contribution in [3.05, 3.63) is 64.1 Å². The highest BCUT2D eigenvalue weighted by Crippen LogP contribution is 2.57. The van der Waals surface area contributed by atoms with E-state index in [2.05, 4.69) is 21.2 Å². The van der Waals surface area contributed by atoms with Crippen LogP contribution < -0.4 is 11.1 Å².